The molecule has 3 heterocycles. The minimum absolute atomic E-state index is 0.0530. The van der Waals surface area contributed by atoms with Crippen molar-refractivity contribution in [3.8, 4) is 11.1 Å². The molecule has 0 bridgehead atoms. The Balaban J connectivity index is 1.81. The van der Waals surface area contributed by atoms with E-state index in [1.807, 2.05) is 13.8 Å². The fourth-order valence-corrected chi connectivity index (χ4v) is 6.74. The molecule has 206 valence electrons. The summed E-state index contributed by atoms with van der Waals surface area (Å²) in [5.74, 6) is -0.713. The normalized spacial score (nSPS) is 21.7. The molecular weight excluding hydrogens is 536 g/mol. The zero-order chi connectivity index (χ0) is 28.2. The first kappa shape index (κ1) is 27.2. The second-order valence-corrected chi connectivity index (χ2v) is 10.9. The molecular formula is C27H26F4N4O3S. The number of aliphatic hydroxyl groups excluding tert-OH is 1. The van der Waals surface area contributed by atoms with Crippen LogP contribution in [0.2, 0.25) is 0 Å². The highest BCUT2D eigenvalue weighted by atomic mass is 32.2. The van der Waals surface area contributed by atoms with Crippen molar-refractivity contribution in [2.24, 2.45) is 0 Å². The molecule has 1 fully saturated rings. The van der Waals surface area contributed by atoms with Gasteiger partial charge in [0.15, 0.2) is 0 Å². The van der Waals surface area contributed by atoms with E-state index in [4.69, 9.17) is 0 Å². The maximum Gasteiger partial charge on any atom is 0.417 e. The minimum Gasteiger partial charge on any atom is -0.390 e. The molecule has 7 nitrogen and oxygen atoms in total. The number of halogens is 4. The lowest BCUT2D eigenvalue weighted by atomic mass is 9.96. The summed E-state index contributed by atoms with van der Waals surface area (Å²) in [5.41, 5.74) is -1.45. The number of carbonyl (C=O) groups is 1. The number of hydrogen-bond acceptors (Lipinski definition) is 6. The number of amides is 1. The van der Waals surface area contributed by atoms with Gasteiger partial charge in [-0.3, -0.25) is 9.36 Å². The van der Waals surface area contributed by atoms with Crippen LogP contribution in [0.25, 0.3) is 22.0 Å². The number of rotatable bonds is 3. The second-order valence-electron chi connectivity index (χ2n) is 9.88. The van der Waals surface area contributed by atoms with Crippen molar-refractivity contribution < 1.29 is 27.5 Å². The van der Waals surface area contributed by atoms with Crippen LogP contribution in [0.15, 0.2) is 52.7 Å². The van der Waals surface area contributed by atoms with E-state index in [9.17, 15) is 32.3 Å². The van der Waals surface area contributed by atoms with Gasteiger partial charge >= 0.3 is 11.9 Å². The molecule has 1 N–H and O–H groups in total. The van der Waals surface area contributed by atoms with Crippen molar-refractivity contribution in [2.45, 2.75) is 49.7 Å². The van der Waals surface area contributed by atoms with Crippen LogP contribution in [0.3, 0.4) is 0 Å². The maximum atomic E-state index is 14.6. The molecule has 0 saturated carbocycles. The van der Waals surface area contributed by atoms with Crippen LogP contribution in [0.5, 0.6) is 0 Å². The number of alkyl halides is 3. The molecule has 2 aliphatic heterocycles. The number of nitrogens with zero attached hydrogens (tertiary/aromatic N) is 4. The average Bonchev–Trinajstić information content (AvgIpc) is 3.05. The maximum absolute atomic E-state index is 14.6. The van der Waals surface area contributed by atoms with Crippen molar-refractivity contribution in [3.63, 3.8) is 0 Å². The third-order valence-corrected chi connectivity index (χ3v) is 8.34. The number of piperazine rings is 1. The number of thioether (sulfide) groups is 1. The molecule has 2 aliphatic rings. The van der Waals surface area contributed by atoms with Gasteiger partial charge in [-0.2, -0.15) is 18.2 Å². The van der Waals surface area contributed by atoms with Gasteiger partial charge < -0.3 is 14.9 Å². The zero-order valence-electron chi connectivity index (χ0n) is 21.2. The van der Waals surface area contributed by atoms with Crippen LogP contribution in [0, 0.1) is 5.82 Å². The summed E-state index contributed by atoms with van der Waals surface area (Å²) in [6.45, 7) is 7.51. The summed E-state index contributed by atoms with van der Waals surface area (Å²) in [5, 5.41) is 10.6. The van der Waals surface area contributed by atoms with Gasteiger partial charge in [0.05, 0.1) is 23.7 Å². The van der Waals surface area contributed by atoms with E-state index in [0.717, 1.165) is 30.0 Å². The lowest BCUT2D eigenvalue weighted by Gasteiger charge is -2.44. The Morgan fingerprint density at radius 2 is 1.79 bits per heavy atom. The second kappa shape index (κ2) is 9.98. The minimum atomic E-state index is -4.78. The lowest BCUT2D eigenvalue weighted by molar-refractivity contribution is -0.137. The number of aromatic nitrogens is 2. The van der Waals surface area contributed by atoms with Gasteiger partial charge in [0.25, 0.3) is 0 Å². The van der Waals surface area contributed by atoms with Crippen molar-refractivity contribution in [3.05, 3.63) is 64.9 Å². The highest BCUT2D eigenvalue weighted by molar-refractivity contribution is 7.99. The predicted molar refractivity (Wildman–Crippen MR) is 141 cm³/mol. The molecule has 39 heavy (non-hydrogen) atoms. The van der Waals surface area contributed by atoms with Crippen molar-refractivity contribution in [1.82, 2.24) is 14.5 Å². The fraction of sp³-hybridized carbons (Fsp3) is 0.370. The Kier molecular flexibility index (Phi) is 6.96. The third kappa shape index (κ3) is 4.80. The smallest absolute Gasteiger partial charge is 0.390 e. The van der Waals surface area contributed by atoms with Crippen LogP contribution in [-0.2, 0) is 17.5 Å². The van der Waals surface area contributed by atoms with Crippen LogP contribution in [0.4, 0.5) is 23.4 Å². The van der Waals surface area contributed by atoms with Crippen LogP contribution in [0.1, 0.15) is 19.4 Å². The molecule has 5 rings (SSSR count). The monoisotopic (exact) mass is 562 g/mol. The van der Waals surface area contributed by atoms with E-state index in [-0.39, 0.29) is 76.1 Å². The molecule has 12 heteroatoms. The molecule has 0 spiro atoms. The number of anilines is 1. The SMILES string of the molecule is C=CC(=O)N1[C@H](C)CN(c2nc(=O)n3c4c(c(-c5ccc(F)cc5)c(C(F)(F)F)cc24)SCC(O)C3)C[C@@H]1C. The van der Waals surface area contributed by atoms with E-state index < -0.39 is 29.4 Å². The molecule has 1 unspecified atom stereocenters. The molecule has 0 radical (unpaired) electrons. The van der Waals surface area contributed by atoms with Gasteiger partial charge in [0, 0.05) is 46.8 Å². The Hall–Kier alpha value is -3.38. The third-order valence-electron chi connectivity index (χ3n) is 7.10. The van der Waals surface area contributed by atoms with E-state index in [1.54, 1.807) is 9.80 Å². The Bertz CT molecular complexity index is 1510. The van der Waals surface area contributed by atoms with E-state index >= 15 is 0 Å². The van der Waals surface area contributed by atoms with Gasteiger partial charge in [0.2, 0.25) is 5.91 Å². The Morgan fingerprint density at radius 3 is 2.38 bits per heavy atom. The summed E-state index contributed by atoms with van der Waals surface area (Å²) in [6.07, 6.45) is -4.57. The first-order chi connectivity index (χ1) is 18.4. The largest absolute Gasteiger partial charge is 0.417 e. The van der Waals surface area contributed by atoms with Crippen LogP contribution in [-0.4, -0.2) is 62.5 Å². The Labute approximate surface area is 225 Å². The van der Waals surface area contributed by atoms with Gasteiger partial charge in [-0.15, -0.1) is 11.8 Å². The Morgan fingerprint density at radius 1 is 1.15 bits per heavy atom. The van der Waals surface area contributed by atoms with Crippen molar-refractivity contribution in [2.75, 3.05) is 23.7 Å². The number of carbonyl (C=O) groups excluding carboxylic acids is 1. The highest BCUT2D eigenvalue weighted by Gasteiger charge is 2.39. The van der Waals surface area contributed by atoms with Crippen LogP contribution < -0.4 is 10.6 Å². The fourth-order valence-electron chi connectivity index (χ4n) is 5.55. The van der Waals surface area contributed by atoms with Gasteiger partial charge in [0.1, 0.15) is 11.6 Å². The highest BCUT2D eigenvalue weighted by Crippen LogP contribution is 2.48. The average molecular weight is 563 g/mol. The van der Waals surface area contributed by atoms with Gasteiger partial charge in [-0.05, 0) is 43.7 Å². The molecule has 3 atom stereocenters. The summed E-state index contributed by atoms with van der Waals surface area (Å²) in [4.78, 5) is 33.5. The molecule has 0 aliphatic carbocycles. The predicted octanol–water partition coefficient (Wildman–Crippen LogP) is 4.30. The van der Waals surface area contributed by atoms with E-state index in [1.165, 1.54) is 22.8 Å². The molecule has 2 aromatic carbocycles. The van der Waals surface area contributed by atoms with E-state index in [2.05, 4.69) is 11.6 Å². The molecule has 3 aromatic rings. The summed E-state index contributed by atoms with van der Waals surface area (Å²) < 4.78 is 58.8. The molecule has 1 amide bonds. The van der Waals surface area contributed by atoms with Gasteiger partial charge in [-0.25, -0.2) is 9.18 Å². The number of benzene rings is 2. The quantitative estimate of drug-likeness (QED) is 0.379. The van der Waals surface area contributed by atoms with Gasteiger partial charge in [-0.1, -0.05) is 18.7 Å². The van der Waals surface area contributed by atoms with Crippen molar-refractivity contribution in [1.29, 1.82) is 0 Å². The standard InChI is InChI=1S/C27H26F4N4O3S/c1-4-21(37)35-14(2)10-33(11-15(35)3)25-19-9-20(27(29,30)31)22(16-5-7-17(28)8-6-16)24-23(19)34(26(38)32-25)12-18(36)13-39-24/h4-9,14-15,18,36H,1,10-13H2,2-3H3/t14-,15+,18?. The lowest BCUT2D eigenvalue weighted by Crippen LogP contribution is -2.58. The topological polar surface area (TPSA) is 78.7 Å². The summed E-state index contributed by atoms with van der Waals surface area (Å²) in [6, 6.07) is 5.05. The van der Waals surface area contributed by atoms with E-state index in [0.29, 0.717) is 0 Å². The first-order valence-electron chi connectivity index (χ1n) is 12.4. The molecule has 1 saturated heterocycles. The molecule has 1 aromatic heterocycles. The summed E-state index contributed by atoms with van der Waals surface area (Å²) in [7, 11) is 0. The van der Waals surface area contributed by atoms with Crippen LogP contribution >= 0.6 is 11.8 Å². The van der Waals surface area contributed by atoms with Crippen molar-refractivity contribution >= 4 is 34.4 Å². The number of aliphatic hydroxyl groups is 1. The zero-order valence-corrected chi connectivity index (χ0v) is 22.0. The summed E-state index contributed by atoms with van der Waals surface area (Å²) >= 11 is 1.02. The number of hydrogen-bond donors (Lipinski definition) is 1. The first-order valence-corrected chi connectivity index (χ1v) is 13.3.